The Hall–Kier alpha value is -3.44. The van der Waals surface area contributed by atoms with E-state index in [2.05, 4.69) is 118 Å². The average molecular weight is 803 g/mol. The summed E-state index contributed by atoms with van der Waals surface area (Å²) in [5.41, 5.74) is 0. The highest BCUT2D eigenvalue weighted by molar-refractivity contribution is 5.71. The first-order chi connectivity index (χ1) is 28.6. The van der Waals surface area contributed by atoms with Crippen molar-refractivity contribution in [1.29, 1.82) is 0 Å². The van der Waals surface area contributed by atoms with Crippen LogP contribution in [0.2, 0.25) is 0 Å². The maximum atomic E-state index is 12.7. The SMILES string of the molecule is CC/C=C\C/C=C\C/C=C\C/C=C\C/C=C\CC(=O)OCC(COCCCCCCCC/C=C\CCCCCC)OC(=O)CCCCC/C=C\C/C=C\C/C=C\CC. The number of unbranched alkanes of at least 4 members (excludes halogenated alkanes) is 13. The van der Waals surface area contributed by atoms with E-state index in [1.54, 1.807) is 0 Å². The van der Waals surface area contributed by atoms with Crippen LogP contribution in [0, 0.1) is 0 Å². The van der Waals surface area contributed by atoms with Crippen LogP contribution in [-0.4, -0.2) is 37.9 Å². The maximum Gasteiger partial charge on any atom is 0.309 e. The van der Waals surface area contributed by atoms with Gasteiger partial charge in [-0.25, -0.2) is 0 Å². The second-order valence-corrected chi connectivity index (χ2v) is 14.9. The summed E-state index contributed by atoms with van der Waals surface area (Å²) in [6.07, 6.45) is 65.4. The molecule has 0 fully saturated rings. The first-order valence-corrected chi connectivity index (χ1v) is 23.4. The molecule has 0 aliphatic carbocycles. The van der Waals surface area contributed by atoms with Gasteiger partial charge in [0.25, 0.3) is 0 Å². The largest absolute Gasteiger partial charge is 0.461 e. The van der Waals surface area contributed by atoms with Crippen molar-refractivity contribution < 1.29 is 23.8 Å². The zero-order valence-electron chi connectivity index (χ0n) is 37.5. The van der Waals surface area contributed by atoms with Crippen molar-refractivity contribution in [3.63, 3.8) is 0 Å². The van der Waals surface area contributed by atoms with Gasteiger partial charge in [-0.3, -0.25) is 9.59 Å². The van der Waals surface area contributed by atoms with E-state index in [9.17, 15) is 9.59 Å². The number of hydrogen-bond donors (Lipinski definition) is 0. The highest BCUT2D eigenvalue weighted by atomic mass is 16.6. The van der Waals surface area contributed by atoms with Gasteiger partial charge in [-0.05, 0) is 103 Å². The van der Waals surface area contributed by atoms with Crippen LogP contribution in [0.5, 0.6) is 0 Å². The van der Waals surface area contributed by atoms with Gasteiger partial charge in [0.1, 0.15) is 6.61 Å². The second kappa shape index (κ2) is 47.9. The Balaban J connectivity index is 4.47. The van der Waals surface area contributed by atoms with Crippen LogP contribution in [0.4, 0.5) is 0 Å². The van der Waals surface area contributed by atoms with E-state index in [0.717, 1.165) is 89.9 Å². The van der Waals surface area contributed by atoms with Crippen LogP contribution in [0.15, 0.2) is 109 Å². The Morgan fingerprint density at radius 3 is 1.34 bits per heavy atom. The van der Waals surface area contributed by atoms with Crippen molar-refractivity contribution in [2.75, 3.05) is 19.8 Å². The fourth-order valence-electron chi connectivity index (χ4n) is 5.88. The van der Waals surface area contributed by atoms with Gasteiger partial charge in [0.05, 0.1) is 13.0 Å². The van der Waals surface area contributed by atoms with E-state index in [4.69, 9.17) is 14.2 Å². The molecule has 1 unspecified atom stereocenters. The lowest BCUT2D eigenvalue weighted by atomic mass is 10.1. The summed E-state index contributed by atoms with van der Waals surface area (Å²) in [5.74, 6) is -0.589. The molecule has 0 radical (unpaired) electrons. The first-order valence-electron chi connectivity index (χ1n) is 23.4. The molecular weight excluding hydrogens is 717 g/mol. The predicted molar refractivity (Wildman–Crippen MR) is 251 cm³/mol. The van der Waals surface area contributed by atoms with Gasteiger partial charge in [0.15, 0.2) is 6.10 Å². The van der Waals surface area contributed by atoms with E-state index in [1.807, 2.05) is 12.2 Å². The summed E-state index contributed by atoms with van der Waals surface area (Å²) in [5, 5.41) is 0. The second-order valence-electron chi connectivity index (χ2n) is 14.9. The molecule has 0 aromatic heterocycles. The monoisotopic (exact) mass is 803 g/mol. The summed E-state index contributed by atoms with van der Waals surface area (Å²) < 4.78 is 17.2. The van der Waals surface area contributed by atoms with Crippen molar-refractivity contribution in [2.45, 2.75) is 194 Å². The van der Waals surface area contributed by atoms with E-state index < -0.39 is 6.10 Å². The van der Waals surface area contributed by atoms with Gasteiger partial charge in [0.2, 0.25) is 0 Å². The van der Waals surface area contributed by atoms with Gasteiger partial charge in [0, 0.05) is 13.0 Å². The summed E-state index contributed by atoms with van der Waals surface area (Å²) >= 11 is 0. The van der Waals surface area contributed by atoms with Crippen LogP contribution in [0.25, 0.3) is 0 Å². The number of esters is 2. The predicted octanol–water partition coefficient (Wildman–Crippen LogP) is 15.7. The zero-order chi connectivity index (χ0) is 42.1. The summed E-state index contributed by atoms with van der Waals surface area (Å²) in [6, 6.07) is 0. The third-order valence-corrected chi connectivity index (χ3v) is 9.31. The van der Waals surface area contributed by atoms with Crippen molar-refractivity contribution in [1.82, 2.24) is 0 Å². The molecule has 0 spiro atoms. The summed E-state index contributed by atoms with van der Waals surface area (Å²) in [7, 11) is 0. The molecule has 0 N–H and O–H groups in total. The minimum atomic E-state index is -0.599. The fourth-order valence-corrected chi connectivity index (χ4v) is 5.88. The van der Waals surface area contributed by atoms with Gasteiger partial charge in [-0.15, -0.1) is 0 Å². The molecule has 0 heterocycles. The van der Waals surface area contributed by atoms with Gasteiger partial charge in [-0.1, -0.05) is 182 Å². The Morgan fingerprint density at radius 1 is 0.414 bits per heavy atom. The average Bonchev–Trinajstić information content (AvgIpc) is 3.22. The van der Waals surface area contributed by atoms with Crippen LogP contribution in [0.1, 0.15) is 188 Å². The Morgan fingerprint density at radius 2 is 0.828 bits per heavy atom. The third kappa shape index (κ3) is 45.3. The van der Waals surface area contributed by atoms with E-state index >= 15 is 0 Å². The number of carbonyl (C=O) groups is 2. The molecular formula is C53H86O5. The normalized spacial score (nSPS) is 13.2. The molecule has 0 amide bonds. The molecule has 0 aliphatic rings. The lowest BCUT2D eigenvalue weighted by Gasteiger charge is -2.18. The number of allylic oxidation sites excluding steroid dienone is 17. The van der Waals surface area contributed by atoms with Crippen LogP contribution < -0.4 is 0 Å². The Kier molecular flexibility index (Phi) is 45.1. The quantitative estimate of drug-likeness (QED) is 0.0350. The summed E-state index contributed by atoms with van der Waals surface area (Å²) in [6.45, 7) is 7.41. The van der Waals surface area contributed by atoms with E-state index in [1.165, 1.54) is 64.2 Å². The van der Waals surface area contributed by atoms with Crippen molar-refractivity contribution in [2.24, 2.45) is 0 Å². The molecule has 0 aromatic carbocycles. The Labute approximate surface area is 357 Å². The molecule has 58 heavy (non-hydrogen) atoms. The van der Waals surface area contributed by atoms with Crippen LogP contribution in [0.3, 0.4) is 0 Å². The van der Waals surface area contributed by atoms with Gasteiger partial charge in [-0.2, -0.15) is 0 Å². The first kappa shape index (κ1) is 54.6. The van der Waals surface area contributed by atoms with Crippen molar-refractivity contribution in [3.05, 3.63) is 109 Å². The standard InChI is InChI=1S/C53H86O5/c1-4-7-10-13-16-19-22-25-27-29-31-34-37-40-43-46-52(54)57-50-51(49-56-48-45-42-39-36-33-30-26-23-20-17-14-11-8-5-2)58-53(55)47-44-41-38-35-32-28-24-21-18-15-12-9-6-3/h7,9-10,12,16,18-21,23,25,27-28,31-32,34,40,43,51H,4-6,8,11,13-15,17,22,24,26,29-30,33,35-39,41-42,44-50H2,1-3H3/b10-7-,12-9-,19-16-,21-18-,23-20-,27-25-,32-28-,34-31-,43-40-. The number of ether oxygens (including phenoxy) is 3. The van der Waals surface area contributed by atoms with Crippen molar-refractivity contribution in [3.8, 4) is 0 Å². The lowest BCUT2D eigenvalue weighted by Crippen LogP contribution is -2.30. The zero-order valence-corrected chi connectivity index (χ0v) is 37.5. The van der Waals surface area contributed by atoms with Gasteiger partial charge >= 0.3 is 11.9 Å². The van der Waals surface area contributed by atoms with Crippen LogP contribution in [-0.2, 0) is 23.8 Å². The molecule has 0 saturated heterocycles. The lowest BCUT2D eigenvalue weighted by molar-refractivity contribution is -0.162. The number of hydrogen-bond acceptors (Lipinski definition) is 5. The van der Waals surface area contributed by atoms with E-state index in [0.29, 0.717) is 13.0 Å². The molecule has 0 rings (SSSR count). The highest BCUT2D eigenvalue weighted by Gasteiger charge is 2.17. The molecule has 5 heteroatoms. The molecule has 5 nitrogen and oxygen atoms in total. The van der Waals surface area contributed by atoms with Crippen LogP contribution >= 0.6 is 0 Å². The smallest absolute Gasteiger partial charge is 0.309 e. The topological polar surface area (TPSA) is 61.8 Å². The minimum absolute atomic E-state index is 0.0105. The highest BCUT2D eigenvalue weighted by Crippen LogP contribution is 2.11. The number of rotatable bonds is 41. The molecule has 328 valence electrons. The molecule has 0 saturated carbocycles. The summed E-state index contributed by atoms with van der Waals surface area (Å²) in [4.78, 5) is 25.2. The van der Waals surface area contributed by atoms with Crippen molar-refractivity contribution >= 4 is 11.9 Å². The molecule has 1 atom stereocenters. The maximum absolute atomic E-state index is 12.7. The molecule has 0 aliphatic heterocycles. The van der Waals surface area contributed by atoms with Gasteiger partial charge < -0.3 is 14.2 Å². The van der Waals surface area contributed by atoms with E-state index in [-0.39, 0.29) is 31.6 Å². The Bertz CT molecular complexity index is 1180. The molecule has 0 bridgehead atoms. The minimum Gasteiger partial charge on any atom is -0.461 e. The fraction of sp³-hybridized carbons (Fsp3) is 0.623. The third-order valence-electron chi connectivity index (χ3n) is 9.31. The number of carbonyl (C=O) groups excluding carboxylic acids is 2. The molecule has 0 aromatic rings.